The van der Waals surface area contributed by atoms with Crippen molar-refractivity contribution in [1.29, 1.82) is 0 Å². The number of amides is 1. The average molecular weight is 329 g/mol. The summed E-state index contributed by atoms with van der Waals surface area (Å²) in [5, 5.41) is 5.56. The summed E-state index contributed by atoms with van der Waals surface area (Å²) in [5.74, 6) is -0.558. The Balaban J connectivity index is 2.19. The van der Waals surface area contributed by atoms with Gasteiger partial charge in [0, 0.05) is 5.69 Å². The second-order valence-electron chi connectivity index (χ2n) is 4.43. The molecule has 116 valence electrons. The first-order valence-electron chi connectivity index (χ1n) is 6.29. The first kappa shape index (κ1) is 16.2. The zero-order valence-electron chi connectivity index (χ0n) is 11.2. The van der Waals surface area contributed by atoms with Gasteiger partial charge in [-0.15, -0.1) is 11.6 Å². The molecule has 0 saturated heterocycles. The Bertz CT molecular complexity index is 657. The first-order valence-corrected chi connectivity index (χ1v) is 6.83. The van der Waals surface area contributed by atoms with Gasteiger partial charge >= 0.3 is 6.18 Å². The topological polar surface area (TPSA) is 41.1 Å². The Morgan fingerprint density at radius 1 is 1.00 bits per heavy atom. The molecule has 1 amide bonds. The third-order valence-electron chi connectivity index (χ3n) is 2.81. The lowest BCUT2D eigenvalue weighted by Crippen LogP contribution is -2.13. The van der Waals surface area contributed by atoms with E-state index in [1.807, 2.05) is 0 Å². The summed E-state index contributed by atoms with van der Waals surface area (Å²) in [6, 6.07) is 11.4. The van der Waals surface area contributed by atoms with E-state index in [-0.39, 0.29) is 11.8 Å². The predicted molar refractivity (Wildman–Crippen MR) is 80.5 cm³/mol. The smallest absolute Gasteiger partial charge is 0.354 e. The number of benzene rings is 2. The SMILES string of the molecule is O=C(CCl)Nc1ccccc1Nc1ccc(C(F)(F)F)cc1. The molecule has 0 aliphatic carbocycles. The van der Waals surface area contributed by atoms with E-state index in [4.69, 9.17) is 11.6 Å². The number of nitrogens with one attached hydrogen (secondary N) is 2. The molecule has 2 aromatic rings. The Labute approximate surface area is 130 Å². The highest BCUT2D eigenvalue weighted by atomic mass is 35.5. The molecule has 2 rings (SSSR count). The highest BCUT2D eigenvalue weighted by Gasteiger charge is 2.29. The van der Waals surface area contributed by atoms with E-state index in [0.717, 1.165) is 12.1 Å². The van der Waals surface area contributed by atoms with E-state index in [9.17, 15) is 18.0 Å². The lowest BCUT2D eigenvalue weighted by atomic mass is 10.2. The average Bonchev–Trinajstić information content (AvgIpc) is 2.49. The van der Waals surface area contributed by atoms with Gasteiger partial charge in [0.1, 0.15) is 5.88 Å². The van der Waals surface area contributed by atoms with E-state index in [1.54, 1.807) is 24.3 Å². The van der Waals surface area contributed by atoms with Crippen LogP contribution in [-0.2, 0) is 11.0 Å². The van der Waals surface area contributed by atoms with E-state index in [1.165, 1.54) is 12.1 Å². The molecule has 0 radical (unpaired) electrons. The molecule has 0 fully saturated rings. The summed E-state index contributed by atoms with van der Waals surface area (Å²) >= 11 is 5.44. The van der Waals surface area contributed by atoms with Crippen molar-refractivity contribution >= 4 is 34.6 Å². The molecule has 2 N–H and O–H groups in total. The quantitative estimate of drug-likeness (QED) is 0.804. The standard InChI is InChI=1S/C15H12ClF3N2O/c16-9-14(22)21-13-4-2-1-3-12(13)20-11-7-5-10(6-8-11)15(17,18)19/h1-8,20H,9H2,(H,21,22). The molecule has 0 bridgehead atoms. The van der Waals surface area contributed by atoms with Crippen LogP contribution < -0.4 is 10.6 Å². The van der Waals surface area contributed by atoms with Gasteiger partial charge in [-0.1, -0.05) is 12.1 Å². The maximum absolute atomic E-state index is 12.5. The van der Waals surface area contributed by atoms with Gasteiger partial charge in [-0.25, -0.2) is 0 Å². The van der Waals surface area contributed by atoms with Crippen LogP contribution in [0.25, 0.3) is 0 Å². The first-order chi connectivity index (χ1) is 10.4. The number of para-hydroxylation sites is 2. The molecular formula is C15H12ClF3N2O. The van der Waals surface area contributed by atoms with Crippen LogP contribution in [0.1, 0.15) is 5.56 Å². The fourth-order valence-corrected chi connectivity index (χ4v) is 1.85. The number of carbonyl (C=O) groups excluding carboxylic acids is 1. The number of rotatable bonds is 4. The zero-order chi connectivity index (χ0) is 16.2. The van der Waals surface area contributed by atoms with Crippen molar-refractivity contribution in [2.75, 3.05) is 16.5 Å². The summed E-state index contributed by atoms with van der Waals surface area (Å²) < 4.78 is 37.5. The molecule has 0 aliphatic heterocycles. The summed E-state index contributed by atoms with van der Waals surface area (Å²) in [4.78, 5) is 11.3. The number of anilines is 3. The summed E-state index contributed by atoms with van der Waals surface area (Å²) in [6.45, 7) is 0. The van der Waals surface area contributed by atoms with Crippen molar-refractivity contribution in [1.82, 2.24) is 0 Å². The minimum atomic E-state index is -4.37. The summed E-state index contributed by atoms with van der Waals surface area (Å²) in [7, 11) is 0. The van der Waals surface area contributed by atoms with Crippen molar-refractivity contribution in [2.24, 2.45) is 0 Å². The molecule has 0 saturated carbocycles. The van der Waals surface area contributed by atoms with Crippen molar-refractivity contribution < 1.29 is 18.0 Å². The molecule has 7 heteroatoms. The van der Waals surface area contributed by atoms with Crippen LogP contribution >= 0.6 is 11.6 Å². The van der Waals surface area contributed by atoms with Crippen LogP contribution in [0.5, 0.6) is 0 Å². The molecule has 0 atom stereocenters. The molecule has 3 nitrogen and oxygen atoms in total. The van der Waals surface area contributed by atoms with Crippen LogP contribution in [0, 0.1) is 0 Å². The van der Waals surface area contributed by atoms with Crippen molar-refractivity contribution in [3.8, 4) is 0 Å². The second kappa shape index (κ2) is 6.70. The molecule has 22 heavy (non-hydrogen) atoms. The van der Waals surface area contributed by atoms with Gasteiger partial charge in [0.25, 0.3) is 0 Å². The number of hydrogen-bond acceptors (Lipinski definition) is 2. The third-order valence-corrected chi connectivity index (χ3v) is 3.06. The Kier molecular flexibility index (Phi) is 4.92. The zero-order valence-corrected chi connectivity index (χ0v) is 12.0. The Morgan fingerprint density at radius 3 is 2.14 bits per heavy atom. The number of alkyl halides is 4. The van der Waals surface area contributed by atoms with Crippen LogP contribution in [0.3, 0.4) is 0 Å². The molecule has 0 heterocycles. The van der Waals surface area contributed by atoms with E-state index < -0.39 is 11.7 Å². The molecule has 0 aromatic heterocycles. The number of hydrogen-bond donors (Lipinski definition) is 2. The van der Waals surface area contributed by atoms with Crippen molar-refractivity contribution in [3.05, 3.63) is 54.1 Å². The highest BCUT2D eigenvalue weighted by Crippen LogP contribution is 2.31. The molecular weight excluding hydrogens is 317 g/mol. The van der Waals surface area contributed by atoms with Gasteiger partial charge in [0.05, 0.1) is 16.9 Å². The van der Waals surface area contributed by atoms with Crippen molar-refractivity contribution in [3.63, 3.8) is 0 Å². The highest BCUT2D eigenvalue weighted by molar-refractivity contribution is 6.29. The fourth-order valence-electron chi connectivity index (χ4n) is 1.78. The second-order valence-corrected chi connectivity index (χ2v) is 4.69. The van der Waals surface area contributed by atoms with Crippen molar-refractivity contribution in [2.45, 2.75) is 6.18 Å². The van der Waals surface area contributed by atoms with E-state index in [2.05, 4.69) is 10.6 Å². The molecule has 0 unspecified atom stereocenters. The normalized spacial score (nSPS) is 11.1. The summed E-state index contributed by atoms with van der Waals surface area (Å²) in [6.07, 6.45) is -4.37. The monoisotopic (exact) mass is 328 g/mol. The Hall–Kier alpha value is -2.21. The van der Waals surface area contributed by atoms with Gasteiger partial charge < -0.3 is 10.6 Å². The van der Waals surface area contributed by atoms with E-state index in [0.29, 0.717) is 17.1 Å². The van der Waals surface area contributed by atoms with Gasteiger partial charge in [-0.05, 0) is 36.4 Å². The van der Waals surface area contributed by atoms with Crippen LogP contribution in [-0.4, -0.2) is 11.8 Å². The van der Waals surface area contributed by atoms with Gasteiger partial charge in [0.15, 0.2) is 0 Å². The maximum Gasteiger partial charge on any atom is 0.416 e. The lowest BCUT2D eigenvalue weighted by Gasteiger charge is -2.13. The third kappa shape index (κ3) is 4.14. The maximum atomic E-state index is 12.5. The summed E-state index contributed by atoms with van der Waals surface area (Å²) in [5.41, 5.74) is 0.802. The largest absolute Gasteiger partial charge is 0.416 e. The van der Waals surface area contributed by atoms with Crippen LogP contribution in [0.2, 0.25) is 0 Å². The Morgan fingerprint density at radius 2 is 1.59 bits per heavy atom. The minimum absolute atomic E-state index is 0.186. The number of carbonyl (C=O) groups is 1. The lowest BCUT2D eigenvalue weighted by molar-refractivity contribution is -0.137. The van der Waals surface area contributed by atoms with Crippen LogP contribution in [0.15, 0.2) is 48.5 Å². The molecule has 2 aromatic carbocycles. The van der Waals surface area contributed by atoms with Crippen LogP contribution in [0.4, 0.5) is 30.2 Å². The van der Waals surface area contributed by atoms with Gasteiger partial charge in [-0.2, -0.15) is 13.2 Å². The van der Waals surface area contributed by atoms with Gasteiger partial charge in [-0.3, -0.25) is 4.79 Å². The predicted octanol–water partition coefficient (Wildman–Crippen LogP) is 4.63. The fraction of sp³-hybridized carbons (Fsp3) is 0.133. The molecule has 0 aliphatic rings. The van der Waals surface area contributed by atoms with Gasteiger partial charge in [0.2, 0.25) is 5.91 Å². The van der Waals surface area contributed by atoms with E-state index >= 15 is 0 Å². The molecule has 0 spiro atoms. The number of halogens is 4. The minimum Gasteiger partial charge on any atom is -0.354 e.